The normalized spacial score (nSPS) is 11.9. The van der Waals surface area contributed by atoms with E-state index in [0.717, 1.165) is 17.9 Å². The number of carbonyl (C=O) groups excluding carboxylic acids is 1. The number of nitrogens with one attached hydrogen (secondary N) is 1. The first-order valence-corrected chi connectivity index (χ1v) is 5.38. The van der Waals surface area contributed by atoms with Crippen molar-refractivity contribution in [2.45, 2.75) is 25.8 Å². The van der Waals surface area contributed by atoms with Crippen LogP contribution in [-0.2, 0) is 4.79 Å². The lowest BCUT2D eigenvalue weighted by Gasteiger charge is -2.11. The standard InChI is InChI=1S/C12H18N2O2/c1-3-4-11(13)12(15)14-9-5-7-10(16-2)8-6-9/h5-8,11H,3-4,13H2,1-2H3,(H,14,15)/t11-/m0/s1. The summed E-state index contributed by atoms with van der Waals surface area (Å²) in [5.41, 5.74) is 6.43. The number of rotatable bonds is 5. The number of hydrogen-bond acceptors (Lipinski definition) is 3. The van der Waals surface area contributed by atoms with Crippen LogP contribution in [0.4, 0.5) is 5.69 Å². The first-order valence-electron chi connectivity index (χ1n) is 5.38. The molecule has 4 heteroatoms. The molecule has 1 rings (SSSR count). The molecule has 0 spiro atoms. The Morgan fingerprint density at radius 1 is 1.44 bits per heavy atom. The first kappa shape index (κ1) is 12.5. The molecule has 0 saturated heterocycles. The van der Waals surface area contributed by atoms with Gasteiger partial charge in [-0.3, -0.25) is 4.79 Å². The molecule has 1 atom stereocenters. The Morgan fingerprint density at radius 3 is 2.56 bits per heavy atom. The molecule has 0 fully saturated rings. The Kier molecular flexibility index (Phi) is 4.79. The lowest BCUT2D eigenvalue weighted by Crippen LogP contribution is -2.35. The highest BCUT2D eigenvalue weighted by Gasteiger charge is 2.11. The molecule has 0 aromatic heterocycles. The van der Waals surface area contributed by atoms with Crippen molar-refractivity contribution < 1.29 is 9.53 Å². The molecule has 1 aromatic carbocycles. The number of nitrogens with two attached hydrogens (primary N) is 1. The summed E-state index contributed by atoms with van der Waals surface area (Å²) >= 11 is 0. The van der Waals surface area contributed by atoms with Crippen molar-refractivity contribution in [3.05, 3.63) is 24.3 Å². The van der Waals surface area contributed by atoms with E-state index in [0.29, 0.717) is 6.42 Å². The molecule has 1 amide bonds. The number of benzene rings is 1. The number of amides is 1. The van der Waals surface area contributed by atoms with Crippen LogP contribution < -0.4 is 15.8 Å². The molecule has 16 heavy (non-hydrogen) atoms. The van der Waals surface area contributed by atoms with Crippen molar-refractivity contribution in [1.29, 1.82) is 0 Å². The molecule has 0 radical (unpaired) electrons. The topological polar surface area (TPSA) is 64.4 Å². The smallest absolute Gasteiger partial charge is 0.241 e. The predicted octanol–water partition coefficient (Wildman–Crippen LogP) is 1.76. The van der Waals surface area contributed by atoms with E-state index in [1.807, 2.05) is 6.92 Å². The number of methoxy groups -OCH3 is 1. The van der Waals surface area contributed by atoms with Crippen LogP contribution in [-0.4, -0.2) is 19.1 Å². The summed E-state index contributed by atoms with van der Waals surface area (Å²) < 4.78 is 5.02. The highest BCUT2D eigenvalue weighted by molar-refractivity contribution is 5.94. The van der Waals surface area contributed by atoms with Gasteiger partial charge in [0.15, 0.2) is 0 Å². The van der Waals surface area contributed by atoms with E-state index in [2.05, 4.69) is 5.32 Å². The van der Waals surface area contributed by atoms with E-state index in [1.54, 1.807) is 31.4 Å². The van der Waals surface area contributed by atoms with Gasteiger partial charge >= 0.3 is 0 Å². The fourth-order valence-electron chi connectivity index (χ4n) is 1.35. The van der Waals surface area contributed by atoms with Gasteiger partial charge < -0.3 is 15.8 Å². The van der Waals surface area contributed by atoms with Gasteiger partial charge in [0.25, 0.3) is 0 Å². The van der Waals surface area contributed by atoms with Crippen molar-refractivity contribution in [3.8, 4) is 5.75 Å². The molecule has 0 aliphatic rings. The van der Waals surface area contributed by atoms with E-state index >= 15 is 0 Å². The molecule has 4 nitrogen and oxygen atoms in total. The highest BCUT2D eigenvalue weighted by atomic mass is 16.5. The van der Waals surface area contributed by atoms with Crippen LogP contribution >= 0.6 is 0 Å². The van der Waals surface area contributed by atoms with Gasteiger partial charge in [0.1, 0.15) is 5.75 Å². The summed E-state index contributed by atoms with van der Waals surface area (Å²) in [4.78, 5) is 11.6. The van der Waals surface area contributed by atoms with Gasteiger partial charge in [-0.1, -0.05) is 13.3 Å². The van der Waals surface area contributed by atoms with Crippen LogP contribution in [0.1, 0.15) is 19.8 Å². The maximum atomic E-state index is 11.6. The predicted molar refractivity (Wildman–Crippen MR) is 64.5 cm³/mol. The zero-order valence-corrected chi connectivity index (χ0v) is 9.69. The van der Waals surface area contributed by atoms with Gasteiger partial charge in [0, 0.05) is 5.69 Å². The second-order valence-corrected chi connectivity index (χ2v) is 3.61. The second-order valence-electron chi connectivity index (χ2n) is 3.61. The lowest BCUT2D eigenvalue weighted by atomic mass is 10.1. The molecule has 0 aliphatic carbocycles. The molecule has 3 N–H and O–H groups in total. The van der Waals surface area contributed by atoms with Gasteiger partial charge in [-0.25, -0.2) is 0 Å². The van der Waals surface area contributed by atoms with Crippen LogP contribution in [0.15, 0.2) is 24.3 Å². The second kappa shape index (κ2) is 6.12. The quantitative estimate of drug-likeness (QED) is 0.798. The van der Waals surface area contributed by atoms with Crippen molar-refractivity contribution >= 4 is 11.6 Å². The molecule has 0 saturated carbocycles. The number of ether oxygens (including phenoxy) is 1. The van der Waals surface area contributed by atoms with E-state index < -0.39 is 6.04 Å². The summed E-state index contributed by atoms with van der Waals surface area (Å²) in [6.07, 6.45) is 1.60. The summed E-state index contributed by atoms with van der Waals surface area (Å²) in [7, 11) is 1.60. The minimum absolute atomic E-state index is 0.146. The maximum Gasteiger partial charge on any atom is 0.241 e. The molecule has 0 bridgehead atoms. The van der Waals surface area contributed by atoms with Crippen LogP contribution in [0.25, 0.3) is 0 Å². The summed E-state index contributed by atoms with van der Waals surface area (Å²) in [6, 6.07) is 6.72. The number of anilines is 1. The largest absolute Gasteiger partial charge is 0.497 e. The van der Waals surface area contributed by atoms with Gasteiger partial charge in [-0.2, -0.15) is 0 Å². The summed E-state index contributed by atoms with van der Waals surface area (Å²) in [5.74, 6) is 0.614. The van der Waals surface area contributed by atoms with Gasteiger partial charge in [-0.05, 0) is 30.7 Å². The average molecular weight is 222 g/mol. The van der Waals surface area contributed by atoms with Crippen LogP contribution in [0, 0.1) is 0 Å². The molecule has 0 heterocycles. The Balaban J connectivity index is 2.55. The summed E-state index contributed by atoms with van der Waals surface area (Å²) in [5, 5.41) is 2.76. The van der Waals surface area contributed by atoms with Crippen molar-refractivity contribution in [2.75, 3.05) is 12.4 Å². The van der Waals surface area contributed by atoms with Crippen LogP contribution in [0.5, 0.6) is 5.75 Å². The van der Waals surface area contributed by atoms with Gasteiger partial charge in [0.05, 0.1) is 13.2 Å². The van der Waals surface area contributed by atoms with Crippen molar-refractivity contribution in [2.24, 2.45) is 5.73 Å². The molecule has 88 valence electrons. The zero-order valence-electron chi connectivity index (χ0n) is 9.69. The molecule has 0 unspecified atom stereocenters. The molecular weight excluding hydrogens is 204 g/mol. The minimum atomic E-state index is -0.438. The van der Waals surface area contributed by atoms with Crippen molar-refractivity contribution in [1.82, 2.24) is 0 Å². The fraction of sp³-hybridized carbons (Fsp3) is 0.417. The Morgan fingerprint density at radius 2 is 2.06 bits per heavy atom. The third kappa shape index (κ3) is 3.55. The van der Waals surface area contributed by atoms with E-state index in [4.69, 9.17) is 10.5 Å². The number of hydrogen-bond donors (Lipinski definition) is 2. The van der Waals surface area contributed by atoms with E-state index in [1.165, 1.54) is 0 Å². The van der Waals surface area contributed by atoms with E-state index in [-0.39, 0.29) is 5.91 Å². The monoisotopic (exact) mass is 222 g/mol. The minimum Gasteiger partial charge on any atom is -0.497 e. The summed E-state index contributed by atoms with van der Waals surface area (Å²) in [6.45, 7) is 2.00. The fourth-order valence-corrected chi connectivity index (χ4v) is 1.35. The highest BCUT2D eigenvalue weighted by Crippen LogP contribution is 2.15. The third-order valence-electron chi connectivity index (χ3n) is 2.29. The first-order chi connectivity index (χ1) is 7.67. The SMILES string of the molecule is CCC[C@H](N)C(=O)Nc1ccc(OC)cc1. The van der Waals surface area contributed by atoms with Gasteiger partial charge in [-0.15, -0.1) is 0 Å². The molecule has 0 aliphatic heterocycles. The number of carbonyl (C=O) groups is 1. The Labute approximate surface area is 95.8 Å². The van der Waals surface area contributed by atoms with Crippen LogP contribution in [0.2, 0.25) is 0 Å². The van der Waals surface area contributed by atoms with Gasteiger partial charge in [0.2, 0.25) is 5.91 Å². The zero-order chi connectivity index (χ0) is 12.0. The van der Waals surface area contributed by atoms with E-state index in [9.17, 15) is 4.79 Å². The maximum absolute atomic E-state index is 11.6. The average Bonchev–Trinajstić information content (AvgIpc) is 2.30. The van der Waals surface area contributed by atoms with Crippen molar-refractivity contribution in [3.63, 3.8) is 0 Å². The van der Waals surface area contributed by atoms with Crippen LogP contribution in [0.3, 0.4) is 0 Å². The molecule has 1 aromatic rings. The third-order valence-corrected chi connectivity index (χ3v) is 2.29. The Hall–Kier alpha value is -1.55. The Bertz CT molecular complexity index is 335. The lowest BCUT2D eigenvalue weighted by molar-refractivity contribution is -0.117. The molecular formula is C12H18N2O2.